The minimum absolute atomic E-state index is 0.0716. The summed E-state index contributed by atoms with van der Waals surface area (Å²) in [4.78, 5) is 14.3. The average Bonchev–Trinajstić information content (AvgIpc) is 3.28. The number of hydrogen-bond acceptors (Lipinski definition) is 4. The van der Waals surface area contributed by atoms with Gasteiger partial charge in [-0.25, -0.2) is 4.39 Å². The summed E-state index contributed by atoms with van der Waals surface area (Å²) < 4.78 is 13.3. The SMILES string of the molecule is O=C1N(Cc2ccc(F)cc2)c2ccccc2[C@]12NN=C(c1ccccc1)S2. The average molecular weight is 389 g/mol. The number of para-hydroxylation sites is 1. The highest BCUT2D eigenvalue weighted by Crippen LogP contribution is 2.50. The van der Waals surface area contributed by atoms with Gasteiger partial charge in [0.15, 0.2) is 0 Å². The summed E-state index contributed by atoms with van der Waals surface area (Å²) in [5.41, 5.74) is 6.69. The second-order valence-corrected chi connectivity index (χ2v) is 7.92. The van der Waals surface area contributed by atoms with Crippen molar-refractivity contribution in [3.63, 3.8) is 0 Å². The molecule has 28 heavy (non-hydrogen) atoms. The Kier molecular flexibility index (Phi) is 3.94. The number of halogens is 1. The molecule has 0 radical (unpaired) electrons. The smallest absolute Gasteiger partial charge is 0.270 e. The molecule has 3 aromatic carbocycles. The summed E-state index contributed by atoms with van der Waals surface area (Å²) in [5.74, 6) is -0.361. The minimum Gasteiger partial charge on any atom is -0.304 e. The zero-order chi connectivity index (χ0) is 19.1. The van der Waals surface area contributed by atoms with Gasteiger partial charge in [-0.1, -0.05) is 72.4 Å². The molecule has 2 aliphatic rings. The molecule has 1 atom stereocenters. The van der Waals surface area contributed by atoms with Gasteiger partial charge in [-0.05, 0) is 23.8 Å². The molecule has 5 rings (SSSR count). The van der Waals surface area contributed by atoms with E-state index in [9.17, 15) is 9.18 Å². The number of amides is 1. The van der Waals surface area contributed by atoms with E-state index in [4.69, 9.17) is 0 Å². The molecule has 1 spiro atoms. The maximum Gasteiger partial charge on any atom is 0.270 e. The van der Waals surface area contributed by atoms with E-state index in [-0.39, 0.29) is 11.7 Å². The monoisotopic (exact) mass is 389 g/mol. The second kappa shape index (κ2) is 6.49. The molecule has 0 aromatic heterocycles. The van der Waals surface area contributed by atoms with Crippen molar-refractivity contribution in [2.45, 2.75) is 11.4 Å². The van der Waals surface area contributed by atoms with E-state index in [0.29, 0.717) is 6.54 Å². The van der Waals surface area contributed by atoms with Gasteiger partial charge in [-0.15, -0.1) is 0 Å². The Bertz CT molecular complexity index is 1080. The van der Waals surface area contributed by atoms with Crippen LogP contribution in [0.25, 0.3) is 0 Å². The van der Waals surface area contributed by atoms with Gasteiger partial charge in [0.2, 0.25) is 4.87 Å². The van der Waals surface area contributed by atoms with E-state index in [1.165, 1.54) is 23.9 Å². The Morgan fingerprint density at radius 3 is 2.46 bits per heavy atom. The van der Waals surface area contributed by atoms with E-state index < -0.39 is 4.87 Å². The Balaban J connectivity index is 1.51. The highest BCUT2D eigenvalue weighted by molar-refractivity contribution is 8.16. The molecule has 0 unspecified atom stereocenters. The van der Waals surface area contributed by atoms with Crippen LogP contribution in [-0.2, 0) is 16.2 Å². The highest BCUT2D eigenvalue weighted by Gasteiger charge is 2.55. The van der Waals surface area contributed by atoms with Gasteiger partial charge in [-0.3, -0.25) is 10.2 Å². The summed E-state index contributed by atoms with van der Waals surface area (Å²) >= 11 is 1.43. The maximum absolute atomic E-state index is 13.5. The molecule has 3 aromatic rings. The highest BCUT2D eigenvalue weighted by atomic mass is 32.2. The first-order valence-electron chi connectivity index (χ1n) is 8.92. The van der Waals surface area contributed by atoms with Gasteiger partial charge >= 0.3 is 0 Å². The van der Waals surface area contributed by atoms with Gasteiger partial charge in [0.1, 0.15) is 10.9 Å². The number of anilines is 1. The number of hydrogen-bond donors (Lipinski definition) is 1. The fraction of sp³-hybridized carbons (Fsp3) is 0.0909. The number of benzene rings is 3. The molecular formula is C22H16FN3OS. The lowest BCUT2D eigenvalue weighted by molar-refractivity contribution is -0.121. The van der Waals surface area contributed by atoms with Crippen molar-refractivity contribution in [2.24, 2.45) is 5.10 Å². The fourth-order valence-electron chi connectivity index (χ4n) is 3.58. The molecule has 0 fully saturated rings. The van der Waals surface area contributed by atoms with Gasteiger partial charge in [-0.2, -0.15) is 5.10 Å². The normalized spacial score (nSPS) is 20.2. The Labute approximate surface area is 166 Å². The number of fused-ring (bicyclic) bond motifs is 2. The van der Waals surface area contributed by atoms with Gasteiger partial charge in [0, 0.05) is 11.1 Å². The summed E-state index contributed by atoms with van der Waals surface area (Å²) in [6.07, 6.45) is 0. The number of rotatable bonds is 3. The summed E-state index contributed by atoms with van der Waals surface area (Å²) in [7, 11) is 0. The zero-order valence-corrected chi connectivity index (χ0v) is 15.6. The largest absolute Gasteiger partial charge is 0.304 e. The summed E-state index contributed by atoms with van der Waals surface area (Å²) in [6, 6.07) is 23.8. The number of carbonyl (C=O) groups is 1. The molecule has 1 N–H and O–H groups in total. The summed E-state index contributed by atoms with van der Waals surface area (Å²) in [5, 5.41) is 5.26. The van der Waals surface area contributed by atoms with Crippen molar-refractivity contribution < 1.29 is 9.18 Å². The topological polar surface area (TPSA) is 44.7 Å². The lowest BCUT2D eigenvalue weighted by Gasteiger charge is -2.22. The van der Waals surface area contributed by atoms with Crippen LogP contribution in [0.3, 0.4) is 0 Å². The molecule has 138 valence electrons. The Morgan fingerprint density at radius 1 is 0.964 bits per heavy atom. The van der Waals surface area contributed by atoms with Gasteiger partial charge < -0.3 is 4.90 Å². The van der Waals surface area contributed by atoms with Crippen LogP contribution < -0.4 is 10.3 Å². The lowest BCUT2D eigenvalue weighted by Crippen LogP contribution is -2.44. The third-order valence-corrected chi connectivity index (χ3v) is 6.27. The number of carbonyl (C=O) groups excluding carboxylic acids is 1. The standard InChI is InChI=1S/C22H16FN3OS/c23-17-12-10-15(11-13-17)14-26-19-9-5-4-8-18(19)22(21(26)27)25-24-20(28-22)16-6-2-1-3-7-16/h1-13,25H,14H2/t22-/m1/s1. The number of hydrazone groups is 1. The van der Waals surface area contributed by atoms with Crippen molar-refractivity contribution >= 4 is 28.4 Å². The second-order valence-electron chi connectivity index (χ2n) is 6.71. The molecule has 2 aliphatic heterocycles. The van der Waals surface area contributed by atoms with Crippen molar-refractivity contribution in [1.82, 2.24) is 5.43 Å². The number of thioether (sulfide) groups is 1. The third-order valence-electron chi connectivity index (χ3n) is 4.96. The van der Waals surface area contributed by atoms with Crippen LogP contribution in [0.2, 0.25) is 0 Å². The number of nitrogens with one attached hydrogen (secondary N) is 1. The van der Waals surface area contributed by atoms with Crippen molar-refractivity contribution in [3.8, 4) is 0 Å². The molecule has 4 nitrogen and oxygen atoms in total. The fourth-order valence-corrected chi connectivity index (χ4v) is 4.79. The van der Waals surface area contributed by atoms with Crippen molar-refractivity contribution in [3.05, 3.63) is 101 Å². The van der Waals surface area contributed by atoms with Crippen molar-refractivity contribution in [1.29, 1.82) is 0 Å². The van der Waals surface area contributed by atoms with Crippen LogP contribution >= 0.6 is 11.8 Å². The first-order chi connectivity index (χ1) is 13.7. The Hall–Kier alpha value is -3.12. The van der Waals surface area contributed by atoms with E-state index in [2.05, 4.69) is 10.5 Å². The molecule has 0 bridgehead atoms. The number of nitrogens with zero attached hydrogens (tertiary/aromatic N) is 2. The first-order valence-corrected chi connectivity index (χ1v) is 9.74. The predicted octanol–water partition coefficient (Wildman–Crippen LogP) is 4.22. The molecule has 6 heteroatoms. The van der Waals surface area contributed by atoms with E-state index in [1.807, 2.05) is 54.6 Å². The minimum atomic E-state index is -0.970. The maximum atomic E-state index is 13.5. The first kappa shape index (κ1) is 17.0. The van der Waals surface area contributed by atoms with E-state index in [0.717, 1.165) is 27.4 Å². The molecule has 0 saturated carbocycles. The van der Waals surface area contributed by atoms with Gasteiger partial charge in [0.05, 0.1) is 12.2 Å². The molecular weight excluding hydrogens is 373 g/mol. The lowest BCUT2D eigenvalue weighted by atomic mass is 10.1. The van der Waals surface area contributed by atoms with Crippen LogP contribution in [0.4, 0.5) is 10.1 Å². The molecule has 2 heterocycles. The van der Waals surface area contributed by atoms with Crippen LogP contribution in [0.15, 0.2) is 84.0 Å². The molecule has 0 aliphatic carbocycles. The quantitative estimate of drug-likeness (QED) is 0.729. The van der Waals surface area contributed by atoms with Crippen LogP contribution in [-0.4, -0.2) is 11.0 Å². The van der Waals surface area contributed by atoms with Crippen LogP contribution in [0, 0.1) is 5.82 Å². The van der Waals surface area contributed by atoms with E-state index >= 15 is 0 Å². The van der Waals surface area contributed by atoms with Crippen LogP contribution in [0.1, 0.15) is 16.7 Å². The van der Waals surface area contributed by atoms with Gasteiger partial charge in [0.25, 0.3) is 5.91 Å². The molecule has 1 amide bonds. The molecule has 0 saturated heterocycles. The summed E-state index contributed by atoms with van der Waals surface area (Å²) in [6.45, 7) is 0.376. The zero-order valence-electron chi connectivity index (χ0n) is 14.8. The third kappa shape index (κ3) is 2.60. The Morgan fingerprint density at radius 2 is 1.68 bits per heavy atom. The van der Waals surface area contributed by atoms with E-state index in [1.54, 1.807) is 17.0 Å². The predicted molar refractivity (Wildman–Crippen MR) is 109 cm³/mol. The van der Waals surface area contributed by atoms with Crippen molar-refractivity contribution in [2.75, 3.05) is 4.90 Å². The van der Waals surface area contributed by atoms with Crippen LogP contribution in [0.5, 0.6) is 0 Å².